The molecule has 0 bridgehead atoms. The summed E-state index contributed by atoms with van der Waals surface area (Å²) < 4.78 is 0. The molecule has 1 aromatic carbocycles. The van der Waals surface area contributed by atoms with E-state index >= 15 is 0 Å². The van der Waals surface area contributed by atoms with Gasteiger partial charge in [-0.15, -0.1) is 0 Å². The van der Waals surface area contributed by atoms with Crippen LogP contribution in [0.2, 0.25) is 0 Å². The Balaban J connectivity index is 2.20. The van der Waals surface area contributed by atoms with Crippen molar-refractivity contribution in [2.45, 2.75) is 19.8 Å². The Hall–Kier alpha value is -2.10. The lowest BCUT2D eigenvalue weighted by Gasteiger charge is -2.09. The molecular weight excluding hydrogens is 212 g/mol. The molecule has 0 unspecified atom stereocenters. The fourth-order valence-corrected chi connectivity index (χ4v) is 1.65. The smallest absolute Gasteiger partial charge is 0.227 e. The number of aromatic nitrogens is 2. The maximum Gasteiger partial charge on any atom is 0.227 e. The summed E-state index contributed by atoms with van der Waals surface area (Å²) in [6, 6.07) is 8.19. The first kappa shape index (κ1) is 11.4. The first-order chi connectivity index (χ1) is 8.29. The highest BCUT2D eigenvalue weighted by atomic mass is 15.1. The number of nitrogens with one attached hydrogen (secondary N) is 1. The molecule has 0 amide bonds. The second kappa shape index (κ2) is 5.30. The lowest BCUT2D eigenvalue weighted by molar-refractivity contribution is 0.922. The minimum atomic E-state index is 0.567. The Kier molecular flexibility index (Phi) is 3.55. The third kappa shape index (κ3) is 2.93. The molecule has 0 saturated carbocycles. The lowest BCUT2D eigenvalue weighted by Crippen LogP contribution is -2.00. The van der Waals surface area contributed by atoms with Crippen LogP contribution in [0.1, 0.15) is 18.9 Å². The molecule has 0 atom stereocenters. The minimum absolute atomic E-state index is 0.567. The number of nitrogen functional groups attached to an aromatic ring is 1. The van der Waals surface area contributed by atoms with Crippen molar-refractivity contribution in [1.82, 2.24) is 9.97 Å². The van der Waals surface area contributed by atoms with E-state index in [0.717, 1.165) is 18.5 Å². The Morgan fingerprint density at radius 3 is 2.59 bits per heavy atom. The van der Waals surface area contributed by atoms with E-state index in [1.54, 1.807) is 12.4 Å². The Morgan fingerprint density at radius 1 is 1.18 bits per heavy atom. The van der Waals surface area contributed by atoms with Gasteiger partial charge in [-0.05, 0) is 18.1 Å². The lowest BCUT2D eigenvalue weighted by atomic mass is 10.1. The van der Waals surface area contributed by atoms with Crippen molar-refractivity contribution in [1.29, 1.82) is 0 Å². The summed E-state index contributed by atoms with van der Waals surface area (Å²) in [6.45, 7) is 2.16. The molecule has 4 nitrogen and oxygen atoms in total. The van der Waals surface area contributed by atoms with Crippen LogP contribution >= 0.6 is 0 Å². The number of nitrogens with two attached hydrogens (primary N) is 1. The summed E-state index contributed by atoms with van der Waals surface area (Å²) >= 11 is 0. The van der Waals surface area contributed by atoms with Crippen LogP contribution < -0.4 is 11.1 Å². The fourth-order valence-electron chi connectivity index (χ4n) is 1.65. The van der Waals surface area contributed by atoms with Gasteiger partial charge in [0.1, 0.15) is 0 Å². The van der Waals surface area contributed by atoms with Crippen molar-refractivity contribution < 1.29 is 0 Å². The van der Waals surface area contributed by atoms with Gasteiger partial charge in [-0.25, -0.2) is 9.97 Å². The fraction of sp³-hybridized carbons (Fsp3) is 0.231. The van der Waals surface area contributed by atoms with Gasteiger partial charge in [0, 0.05) is 5.69 Å². The quantitative estimate of drug-likeness (QED) is 0.844. The summed E-state index contributed by atoms with van der Waals surface area (Å²) in [5.41, 5.74) is 8.44. The molecule has 1 heterocycles. The zero-order chi connectivity index (χ0) is 12.1. The predicted octanol–water partition coefficient (Wildman–Crippen LogP) is 2.75. The Bertz CT molecular complexity index is 479. The van der Waals surface area contributed by atoms with Crippen LogP contribution in [0, 0.1) is 0 Å². The van der Waals surface area contributed by atoms with Crippen molar-refractivity contribution >= 4 is 17.3 Å². The van der Waals surface area contributed by atoms with E-state index in [1.807, 2.05) is 18.2 Å². The van der Waals surface area contributed by atoms with Gasteiger partial charge < -0.3 is 11.1 Å². The molecule has 0 aliphatic heterocycles. The standard InChI is InChI=1S/C13H16N4/c1-2-5-10-6-3-4-7-12(10)17-13-15-8-11(14)9-16-13/h3-4,6-9H,2,5,14H2,1H3,(H,15,16,17). The van der Waals surface area contributed by atoms with Crippen LogP contribution in [0.3, 0.4) is 0 Å². The summed E-state index contributed by atoms with van der Waals surface area (Å²) in [4.78, 5) is 8.26. The van der Waals surface area contributed by atoms with E-state index in [9.17, 15) is 0 Å². The highest BCUT2D eigenvalue weighted by Gasteiger charge is 2.02. The van der Waals surface area contributed by atoms with E-state index < -0.39 is 0 Å². The molecule has 1 aromatic heterocycles. The second-order valence-corrected chi connectivity index (χ2v) is 3.87. The van der Waals surface area contributed by atoms with Gasteiger partial charge in [0.2, 0.25) is 5.95 Å². The second-order valence-electron chi connectivity index (χ2n) is 3.87. The van der Waals surface area contributed by atoms with Crippen molar-refractivity contribution in [2.24, 2.45) is 0 Å². The summed E-state index contributed by atoms with van der Waals surface area (Å²) in [6.07, 6.45) is 5.34. The van der Waals surface area contributed by atoms with Crippen LogP contribution in [0.5, 0.6) is 0 Å². The van der Waals surface area contributed by atoms with Gasteiger partial charge in [0.05, 0.1) is 18.1 Å². The zero-order valence-electron chi connectivity index (χ0n) is 9.85. The van der Waals surface area contributed by atoms with Gasteiger partial charge in [0.15, 0.2) is 0 Å². The van der Waals surface area contributed by atoms with Crippen LogP contribution in [0.15, 0.2) is 36.7 Å². The number of anilines is 3. The molecule has 2 rings (SSSR count). The molecule has 0 radical (unpaired) electrons. The average Bonchev–Trinajstić information content (AvgIpc) is 2.35. The van der Waals surface area contributed by atoms with Crippen molar-refractivity contribution in [2.75, 3.05) is 11.1 Å². The highest BCUT2D eigenvalue weighted by molar-refractivity contribution is 5.58. The van der Waals surface area contributed by atoms with Crippen LogP contribution in [-0.4, -0.2) is 9.97 Å². The van der Waals surface area contributed by atoms with Crippen LogP contribution in [-0.2, 0) is 6.42 Å². The molecule has 0 aliphatic carbocycles. The van der Waals surface area contributed by atoms with Crippen molar-refractivity contribution in [3.05, 3.63) is 42.2 Å². The highest BCUT2D eigenvalue weighted by Crippen LogP contribution is 2.19. The number of aryl methyl sites for hydroxylation is 1. The summed E-state index contributed by atoms with van der Waals surface area (Å²) in [7, 11) is 0. The van der Waals surface area contributed by atoms with E-state index in [-0.39, 0.29) is 0 Å². The van der Waals surface area contributed by atoms with Gasteiger partial charge in [-0.3, -0.25) is 0 Å². The molecular formula is C13H16N4. The van der Waals surface area contributed by atoms with E-state index in [0.29, 0.717) is 11.6 Å². The largest absolute Gasteiger partial charge is 0.396 e. The SMILES string of the molecule is CCCc1ccccc1Nc1ncc(N)cn1. The molecule has 0 saturated heterocycles. The maximum atomic E-state index is 5.54. The Morgan fingerprint density at radius 2 is 1.88 bits per heavy atom. The number of benzene rings is 1. The molecule has 88 valence electrons. The van der Waals surface area contributed by atoms with E-state index in [4.69, 9.17) is 5.73 Å². The molecule has 0 spiro atoms. The summed E-state index contributed by atoms with van der Waals surface area (Å²) in [5, 5.41) is 3.21. The monoisotopic (exact) mass is 228 g/mol. The molecule has 2 aromatic rings. The Labute approximate surface area is 101 Å². The third-order valence-electron chi connectivity index (χ3n) is 2.45. The molecule has 3 N–H and O–H groups in total. The first-order valence-corrected chi connectivity index (χ1v) is 5.72. The number of rotatable bonds is 4. The molecule has 17 heavy (non-hydrogen) atoms. The van der Waals surface area contributed by atoms with Crippen LogP contribution in [0.4, 0.5) is 17.3 Å². The molecule has 4 heteroatoms. The van der Waals surface area contributed by atoms with Crippen molar-refractivity contribution in [3.8, 4) is 0 Å². The molecule has 0 fully saturated rings. The van der Waals surface area contributed by atoms with E-state index in [1.165, 1.54) is 5.56 Å². The topological polar surface area (TPSA) is 63.8 Å². The number of hydrogen-bond donors (Lipinski definition) is 2. The molecule has 0 aliphatic rings. The minimum Gasteiger partial charge on any atom is -0.396 e. The number of nitrogens with zero attached hydrogens (tertiary/aromatic N) is 2. The van der Waals surface area contributed by atoms with Gasteiger partial charge in [0.25, 0.3) is 0 Å². The maximum absolute atomic E-state index is 5.54. The van der Waals surface area contributed by atoms with Gasteiger partial charge >= 0.3 is 0 Å². The first-order valence-electron chi connectivity index (χ1n) is 5.72. The number of para-hydroxylation sites is 1. The normalized spacial score (nSPS) is 10.2. The average molecular weight is 228 g/mol. The van der Waals surface area contributed by atoms with Gasteiger partial charge in [-0.1, -0.05) is 31.5 Å². The number of hydrogen-bond acceptors (Lipinski definition) is 4. The van der Waals surface area contributed by atoms with Gasteiger partial charge in [-0.2, -0.15) is 0 Å². The summed E-state index contributed by atoms with van der Waals surface area (Å²) in [5.74, 6) is 0.572. The van der Waals surface area contributed by atoms with Crippen LogP contribution in [0.25, 0.3) is 0 Å². The predicted molar refractivity (Wildman–Crippen MR) is 70.2 cm³/mol. The third-order valence-corrected chi connectivity index (χ3v) is 2.45. The van der Waals surface area contributed by atoms with Crippen molar-refractivity contribution in [3.63, 3.8) is 0 Å². The zero-order valence-corrected chi connectivity index (χ0v) is 9.85. The van der Waals surface area contributed by atoms with E-state index in [2.05, 4.69) is 28.3 Å².